The van der Waals surface area contributed by atoms with Gasteiger partial charge >= 0.3 is 5.97 Å². The van der Waals surface area contributed by atoms with E-state index in [9.17, 15) is 4.79 Å². The average molecular weight is 195 g/mol. The number of nitrogens with zero attached hydrogens (tertiary/aromatic N) is 2. The fourth-order valence-corrected chi connectivity index (χ4v) is 1.27. The van der Waals surface area contributed by atoms with Gasteiger partial charge in [0.25, 0.3) is 0 Å². The summed E-state index contributed by atoms with van der Waals surface area (Å²) < 4.78 is 4.77. The van der Waals surface area contributed by atoms with E-state index in [1.54, 1.807) is 6.92 Å². The number of hydrogen-bond donors (Lipinski definition) is 1. The summed E-state index contributed by atoms with van der Waals surface area (Å²) in [5.74, 6) is -0.00259. The highest BCUT2D eigenvalue weighted by Crippen LogP contribution is 2.10. The predicted molar refractivity (Wildman–Crippen MR) is 49.9 cm³/mol. The molecule has 1 aliphatic heterocycles. The molecule has 0 aliphatic carbocycles. The molecule has 5 nitrogen and oxygen atoms in total. The van der Waals surface area contributed by atoms with Gasteiger partial charge in [-0.15, -0.1) is 0 Å². The van der Waals surface area contributed by atoms with Gasteiger partial charge in [0.2, 0.25) is 0 Å². The first kappa shape index (κ1) is 10.4. The highest BCUT2D eigenvalue weighted by Gasteiger charge is 2.22. The van der Waals surface area contributed by atoms with E-state index in [2.05, 4.69) is 5.32 Å². The minimum Gasteiger partial charge on any atom is -0.462 e. The molecule has 1 N–H and O–H groups in total. The molecule has 5 heteroatoms. The van der Waals surface area contributed by atoms with Crippen LogP contribution in [0.3, 0.4) is 0 Å². The van der Waals surface area contributed by atoms with Gasteiger partial charge < -0.3 is 15.0 Å². The van der Waals surface area contributed by atoms with E-state index in [1.165, 1.54) is 0 Å². The van der Waals surface area contributed by atoms with Crippen molar-refractivity contribution in [2.45, 2.75) is 6.92 Å². The zero-order valence-electron chi connectivity index (χ0n) is 8.33. The number of nitriles is 1. The smallest absolute Gasteiger partial charge is 0.352 e. The zero-order chi connectivity index (χ0) is 10.6. The monoisotopic (exact) mass is 195 g/mol. The summed E-state index contributed by atoms with van der Waals surface area (Å²) >= 11 is 0. The van der Waals surface area contributed by atoms with E-state index in [0.717, 1.165) is 13.1 Å². The van der Waals surface area contributed by atoms with Crippen molar-refractivity contribution < 1.29 is 9.53 Å². The van der Waals surface area contributed by atoms with E-state index in [1.807, 2.05) is 18.0 Å². The van der Waals surface area contributed by atoms with Gasteiger partial charge in [0.1, 0.15) is 11.9 Å². The largest absolute Gasteiger partial charge is 0.462 e. The molecule has 0 aromatic rings. The predicted octanol–water partition coefficient (Wildman–Crippen LogP) is -0.180. The number of esters is 1. The van der Waals surface area contributed by atoms with Crippen molar-refractivity contribution in [3.05, 3.63) is 11.4 Å². The normalized spacial score (nSPS) is 18.5. The topological polar surface area (TPSA) is 65.4 Å². The minimum absolute atomic E-state index is 0.0480. The van der Waals surface area contributed by atoms with Crippen molar-refractivity contribution in [1.82, 2.24) is 10.2 Å². The van der Waals surface area contributed by atoms with Gasteiger partial charge in [-0.05, 0) is 6.92 Å². The Balaban J connectivity index is 2.90. The Morgan fingerprint density at radius 2 is 2.50 bits per heavy atom. The van der Waals surface area contributed by atoms with Crippen molar-refractivity contribution in [2.75, 3.05) is 26.7 Å². The fourth-order valence-electron chi connectivity index (χ4n) is 1.27. The summed E-state index contributed by atoms with van der Waals surface area (Å²) in [5.41, 5.74) is 0.0480. The first-order valence-electron chi connectivity index (χ1n) is 4.47. The first-order chi connectivity index (χ1) is 6.70. The summed E-state index contributed by atoms with van der Waals surface area (Å²) in [4.78, 5) is 13.2. The maximum Gasteiger partial charge on any atom is 0.352 e. The molecule has 0 amide bonds. The molecule has 0 aromatic carbocycles. The average Bonchev–Trinajstić information content (AvgIpc) is 2.54. The second-order valence-electron chi connectivity index (χ2n) is 2.90. The molecule has 14 heavy (non-hydrogen) atoms. The van der Waals surface area contributed by atoms with Crippen LogP contribution in [0.2, 0.25) is 0 Å². The van der Waals surface area contributed by atoms with E-state index in [4.69, 9.17) is 10.00 Å². The molecule has 1 aliphatic rings. The molecule has 1 rings (SSSR count). The SMILES string of the molecule is CCOC(=O)/C(C#N)=C1/NCCN1C. The molecule has 1 fully saturated rings. The van der Waals surface area contributed by atoms with Crippen LogP contribution in [0.4, 0.5) is 0 Å². The van der Waals surface area contributed by atoms with Gasteiger partial charge in [0.05, 0.1) is 6.61 Å². The van der Waals surface area contributed by atoms with Crippen molar-refractivity contribution in [3.8, 4) is 6.07 Å². The Labute approximate surface area is 82.9 Å². The first-order valence-corrected chi connectivity index (χ1v) is 4.47. The van der Waals surface area contributed by atoms with Crippen LogP contribution in [-0.4, -0.2) is 37.6 Å². The quantitative estimate of drug-likeness (QED) is 0.376. The van der Waals surface area contributed by atoms with Crippen molar-refractivity contribution in [2.24, 2.45) is 0 Å². The Morgan fingerprint density at radius 3 is 2.93 bits per heavy atom. The molecule has 76 valence electrons. The van der Waals surface area contributed by atoms with Gasteiger partial charge in [0.15, 0.2) is 5.57 Å². The van der Waals surface area contributed by atoms with Gasteiger partial charge in [-0.3, -0.25) is 0 Å². The van der Waals surface area contributed by atoms with E-state index in [-0.39, 0.29) is 12.2 Å². The summed E-state index contributed by atoms with van der Waals surface area (Å²) in [5, 5.41) is 11.8. The standard InChI is InChI=1S/C9H13N3O2/c1-3-14-9(13)7(6-10)8-11-4-5-12(8)2/h11H,3-5H2,1-2H3/b8-7-. The molecule has 1 saturated heterocycles. The number of ether oxygens (including phenoxy) is 1. The highest BCUT2D eigenvalue weighted by molar-refractivity contribution is 5.93. The van der Waals surface area contributed by atoms with Gasteiger partial charge in [0, 0.05) is 20.1 Å². The number of carbonyl (C=O) groups is 1. The van der Waals surface area contributed by atoms with Crippen LogP contribution >= 0.6 is 0 Å². The molecule has 0 spiro atoms. The summed E-state index contributed by atoms with van der Waals surface area (Å²) in [7, 11) is 1.83. The van der Waals surface area contributed by atoms with Crippen LogP contribution in [0, 0.1) is 11.3 Å². The second-order valence-corrected chi connectivity index (χ2v) is 2.90. The van der Waals surface area contributed by atoms with Crippen molar-refractivity contribution in [1.29, 1.82) is 5.26 Å². The van der Waals surface area contributed by atoms with Crippen LogP contribution in [0.15, 0.2) is 11.4 Å². The summed E-state index contributed by atoms with van der Waals surface area (Å²) in [6.45, 7) is 3.53. The lowest BCUT2D eigenvalue weighted by Crippen LogP contribution is -2.21. The Bertz CT molecular complexity index is 304. The number of carbonyl (C=O) groups excluding carboxylic acids is 1. The highest BCUT2D eigenvalue weighted by atomic mass is 16.5. The van der Waals surface area contributed by atoms with Gasteiger partial charge in [-0.1, -0.05) is 0 Å². The third-order valence-corrected chi connectivity index (χ3v) is 1.95. The van der Waals surface area contributed by atoms with Crippen LogP contribution in [0.1, 0.15) is 6.92 Å². The molecule has 1 heterocycles. The fraction of sp³-hybridized carbons (Fsp3) is 0.556. The molecule has 0 unspecified atom stereocenters. The van der Waals surface area contributed by atoms with E-state index < -0.39 is 5.97 Å². The second kappa shape index (κ2) is 4.51. The maximum atomic E-state index is 11.3. The molecule has 0 aromatic heterocycles. The lowest BCUT2D eigenvalue weighted by molar-refractivity contribution is -0.138. The molecule has 0 bridgehead atoms. The summed E-state index contributed by atoms with van der Waals surface area (Å²) in [6, 6.07) is 1.86. The minimum atomic E-state index is -0.564. The molecular formula is C9H13N3O2. The number of rotatable bonds is 2. The molecule has 0 radical (unpaired) electrons. The number of likely N-dealkylation sites (N-methyl/N-ethyl adjacent to an activating group) is 1. The van der Waals surface area contributed by atoms with Crippen molar-refractivity contribution in [3.63, 3.8) is 0 Å². The molecular weight excluding hydrogens is 182 g/mol. The number of nitrogens with one attached hydrogen (secondary N) is 1. The molecule has 0 saturated carbocycles. The zero-order valence-corrected chi connectivity index (χ0v) is 8.33. The van der Waals surface area contributed by atoms with Crippen LogP contribution in [0.25, 0.3) is 0 Å². The third kappa shape index (κ3) is 1.96. The van der Waals surface area contributed by atoms with Gasteiger partial charge in [-0.2, -0.15) is 5.26 Å². The van der Waals surface area contributed by atoms with Crippen molar-refractivity contribution >= 4 is 5.97 Å². The van der Waals surface area contributed by atoms with Crippen LogP contribution in [-0.2, 0) is 9.53 Å². The summed E-state index contributed by atoms with van der Waals surface area (Å²) in [6.07, 6.45) is 0. The number of hydrogen-bond acceptors (Lipinski definition) is 5. The molecule has 0 atom stereocenters. The third-order valence-electron chi connectivity index (χ3n) is 1.95. The van der Waals surface area contributed by atoms with E-state index in [0.29, 0.717) is 5.82 Å². The lowest BCUT2D eigenvalue weighted by atomic mass is 10.3. The Morgan fingerprint density at radius 1 is 1.79 bits per heavy atom. The van der Waals surface area contributed by atoms with Crippen LogP contribution < -0.4 is 5.32 Å². The van der Waals surface area contributed by atoms with Crippen LogP contribution in [0.5, 0.6) is 0 Å². The van der Waals surface area contributed by atoms with E-state index >= 15 is 0 Å². The lowest BCUT2D eigenvalue weighted by Gasteiger charge is -2.12. The maximum absolute atomic E-state index is 11.3. The Kier molecular flexibility index (Phi) is 3.35. The van der Waals surface area contributed by atoms with Gasteiger partial charge in [-0.25, -0.2) is 4.79 Å². The Hall–Kier alpha value is -1.70.